The van der Waals surface area contributed by atoms with Gasteiger partial charge in [-0.05, 0) is 43.7 Å². The Labute approximate surface area is 155 Å². The summed E-state index contributed by atoms with van der Waals surface area (Å²) in [5.41, 5.74) is 4.53. The number of benzene rings is 2. The van der Waals surface area contributed by atoms with Crippen LogP contribution in [0.15, 0.2) is 54.7 Å². The molecule has 0 fully saturated rings. The Morgan fingerprint density at radius 1 is 1.04 bits per heavy atom. The topological polar surface area (TPSA) is 48.1 Å². The molecule has 0 aliphatic rings. The lowest BCUT2D eigenvalue weighted by molar-refractivity contribution is -0.120. The molecule has 26 heavy (non-hydrogen) atoms. The summed E-state index contributed by atoms with van der Waals surface area (Å²) in [6.45, 7) is 5.81. The molecule has 0 bridgehead atoms. The Hall–Kier alpha value is -2.59. The van der Waals surface area contributed by atoms with Gasteiger partial charge in [0.1, 0.15) is 0 Å². The average Bonchev–Trinajstić information content (AvgIpc) is 3.04. The van der Waals surface area contributed by atoms with Crippen LogP contribution >= 0.6 is 0 Å². The number of rotatable bonds is 7. The van der Waals surface area contributed by atoms with E-state index >= 15 is 0 Å². The van der Waals surface area contributed by atoms with Crippen LogP contribution in [-0.4, -0.2) is 28.9 Å². The van der Waals surface area contributed by atoms with Gasteiger partial charge in [0, 0.05) is 36.2 Å². The van der Waals surface area contributed by atoms with Crippen LogP contribution in [0.4, 0.5) is 0 Å². The standard InChI is InChI=1S/C22H27N3O/c1-16(2)25(3)15-18-9-5-4-8-17(18)13-24-22(26)12-19-14-23-21-11-7-6-10-20(19)21/h4-11,14,16,23H,12-13,15H2,1-3H3,(H,24,26). The lowest BCUT2D eigenvalue weighted by atomic mass is 10.1. The normalized spacial score (nSPS) is 11.4. The SMILES string of the molecule is CC(C)N(C)Cc1ccccc1CNC(=O)Cc1c[nH]c2ccccc12. The minimum absolute atomic E-state index is 0.0433. The lowest BCUT2D eigenvalue weighted by Gasteiger charge is -2.22. The third-order valence-corrected chi connectivity index (χ3v) is 4.92. The van der Waals surface area contributed by atoms with E-state index in [9.17, 15) is 4.79 Å². The second-order valence-electron chi connectivity index (χ2n) is 7.09. The number of hydrogen-bond acceptors (Lipinski definition) is 2. The van der Waals surface area contributed by atoms with Crippen molar-refractivity contribution in [3.05, 3.63) is 71.4 Å². The van der Waals surface area contributed by atoms with Crippen molar-refractivity contribution in [3.63, 3.8) is 0 Å². The Bertz CT molecular complexity index is 882. The molecule has 0 radical (unpaired) electrons. The number of nitrogens with zero attached hydrogens (tertiary/aromatic N) is 1. The monoisotopic (exact) mass is 349 g/mol. The molecule has 0 aliphatic heterocycles. The minimum atomic E-state index is 0.0433. The first kappa shape index (κ1) is 18.2. The van der Waals surface area contributed by atoms with Crippen LogP contribution in [0.25, 0.3) is 10.9 Å². The molecular formula is C22H27N3O. The van der Waals surface area contributed by atoms with Gasteiger partial charge in [0.2, 0.25) is 5.91 Å². The maximum atomic E-state index is 12.4. The first-order chi connectivity index (χ1) is 12.5. The highest BCUT2D eigenvalue weighted by molar-refractivity contribution is 5.88. The summed E-state index contributed by atoms with van der Waals surface area (Å²) >= 11 is 0. The smallest absolute Gasteiger partial charge is 0.224 e. The van der Waals surface area contributed by atoms with E-state index in [1.54, 1.807) is 0 Å². The Morgan fingerprint density at radius 2 is 1.73 bits per heavy atom. The molecule has 0 spiro atoms. The van der Waals surface area contributed by atoms with Crippen molar-refractivity contribution in [2.24, 2.45) is 0 Å². The highest BCUT2D eigenvalue weighted by atomic mass is 16.1. The summed E-state index contributed by atoms with van der Waals surface area (Å²) < 4.78 is 0. The van der Waals surface area contributed by atoms with E-state index < -0.39 is 0 Å². The molecule has 1 aromatic heterocycles. The summed E-state index contributed by atoms with van der Waals surface area (Å²) in [5.74, 6) is 0.0433. The molecule has 136 valence electrons. The zero-order valence-corrected chi connectivity index (χ0v) is 15.8. The lowest BCUT2D eigenvalue weighted by Crippen LogP contribution is -2.28. The van der Waals surface area contributed by atoms with Gasteiger partial charge in [0.15, 0.2) is 0 Å². The van der Waals surface area contributed by atoms with Gasteiger partial charge in [-0.25, -0.2) is 0 Å². The Kier molecular flexibility index (Phi) is 5.74. The third-order valence-electron chi connectivity index (χ3n) is 4.92. The number of H-pyrrole nitrogens is 1. The predicted octanol–water partition coefficient (Wildman–Crippen LogP) is 3.87. The van der Waals surface area contributed by atoms with Crippen molar-refractivity contribution in [2.75, 3.05) is 7.05 Å². The largest absolute Gasteiger partial charge is 0.361 e. The van der Waals surface area contributed by atoms with Crippen LogP contribution < -0.4 is 5.32 Å². The third kappa shape index (κ3) is 4.33. The molecule has 0 saturated carbocycles. The number of hydrogen-bond donors (Lipinski definition) is 2. The van der Waals surface area contributed by atoms with Crippen molar-refractivity contribution >= 4 is 16.8 Å². The number of aromatic amines is 1. The molecule has 1 heterocycles. The van der Waals surface area contributed by atoms with E-state index in [1.807, 2.05) is 36.5 Å². The van der Waals surface area contributed by atoms with Crippen LogP contribution in [-0.2, 0) is 24.3 Å². The number of nitrogens with one attached hydrogen (secondary N) is 2. The van der Waals surface area contributed by atoms with Gasteiger partial charge in [-0.3, -0.25) is 9.69 Å². The van der Waals surface area contributed by atoms with Crippen molar-refractivity contribution in [3.8, 4) is 0 Å². The summed E-state index contributed by atoms with van der Waals surface area (Å²) in [6, 6.07) is 16.9. The highest BCUT2D eigenvalue weighted by Gasteiger charge is 2.11. The van der Waals surface area contributed by atoms with Gasteiger partial charge in [-0.1, -0.05) is 42.5 Å². The Morgan fingerprint density at radius 3 is 2.50 bits per heavy atom. The average molecular weight is 349 g/mol. The molecule has 0 saturated heterocycles. The predicted molar refractivity (Wildman–Crippen MR) is 107 cm³/mol. The summed E-state index contributed by atoms with van der Waals surface area (Å²) in [6.07, 6.45) is 2.31. The summed E-state index contributed by atoms with van der Waals surface area (Å²) in [5, 5.41) is 4.19. The van der Waals surface area contributed by atoms with Crippen molar-refractivity contribution in [2.45, 2.75) is 39.4 Å². The molecule has 3 aromatic rings. The maximum absolute atomic E-state index is 12.4. The molecule has 2 aromatic carbocycles. The molecule has 3 rings (SSSR count). The second-order valence-corrected chi connectivity index (χ2v) is 7.09. The van der Waals surface area contributed by atoms with E-state index in [4.69, 9.17) is 0 Å². The van der Waals surface area contributed by atoms with Gasteiger partial charge < -0.3 is 10.3 Å². The van der Waals surface area contributed by atoms with Crippen LogP contribution in [0.1, 0.15) is 30.5 Å². The molecule has 0 unspecified atom stereocenters. The molecule has 1 amide bonds. The number of aromatic nitrogens is 1. The Balaban J connectivity index is 1.63. The van der Waals surface area contributed by atoms with Crippen molar-refractivity contribution < 1.29 is 4.79 Å². The van der Waals surface area contributed by atoms with Gasteiger partial charge in [0.25, 0.3) is 0 Å². The summed E-state index contributed by atoms with van der Waals surface area (Å²) in [7, 11) is 2.12. The van der Waals surface area contributed by atoms with Gasteiger partial charge in [0.05, 0.1) is 6.42 Å². The van der Waals surface area contributed by atoms with Crippen LogP contribution in [0, 0.1) is 0 Å². The van der Waals surface area contributed by atoms with E-state index in [2.05, 4.69) is 54.3 Å². The van der Waals surface area contributed by atoms with E-state index in [-0.39, 0.29) is 5.91 Å². The highest BCUT2D eigenvalue weighted by Crippen LogP contribution is 2.18. The number of amides is 1. The fraction of sp³-hybridized carbons (Fsp3) is 0.318. The minimum Gasteiger partial charge on any atom is -0.361 e. The zero-order chi connectivity index (χ0) is 18.5. The molecule has 0 aliphatic carbocycles. The fourth-order valence-corrected chi connectivity index (χ4v) is 3.04. The van der Waals surface area contributed by atoms with Crippen LogP contribution in [0.3, 0.4) is 0 Å². The quantitative estimate of drug-likeness (QED) is 0.680. The van der Waals surface area contributed by atoms with E-state index in [0.29, 0.717) is 19.0 Å². The number of carbonyl (C=O) groups excluding carboxylic acids is 1. The van der Waals surface area contributed by atoms with E-state index in [0.717, 1.165) is 23.0 Å². The van der Waals surface area contributed by atoms with Crippen molar-refractivity contribution in [1.82, 2.24) is 15.2 Å². The van der Waals surface area contributed by atoms with Gasteiger partial charge in [-0.15, -0.1) is 0 Å². The maximum Gasteiger partial charge on any atom is 0.224 e. The molecule has 4 nitrogen and oxygen atoms in total. The second kappa shape index (κ2) is 8.19. The number of para-hydroxylation sites is 1. The van der Waals surface area contributed by atoms with Crippen LogP contribution in [0.2, 0.25) is 0 Å². The fourth-order valence-electron chi connectivity index (χ4n) is 3.04. The van der Waals surface area contributed by atoms with Crippen molar-refractivity contribution in [1.29, 1.82) is 0 Å². The molecule has 4 heteroatoms. The molecule has 2 N–H and O–H groups in total. The zero-order valence-electron chi connectivity index (χ0n) is 15.8. The van der Waals surface area contributed by atoms with Crippen LogP contribution in [0.5, 0.6) is 0 Å². The first-order valence-corrected chi connectivity index (χ1v) is 9.13. The first-order valence-electron chi connectivity index (χ1n) is 9.13. The summed E-state index contributed by atoms with van der Waals surface area (Å²) in [4.78, 5) is 18.0. The number of carbonyl (C=O) groups is 1. The molecule has 0 atom stereocenters. The van der Waals surface area contributed by atoms with Gasteiger partial charge in [-0.2, -0.15) is 0 Å². The van der Waals surface area contributed by atoms with Gasteiger partial charge >= 0.3 is 0 Å². The van der Waals surface area contributed by atoms with E-state index in [1.165, 1.54) is 11.1 Å². The molecular weight excluding hydrogens is 322 g/mol. The number of fused-ring (bicyclic) bond motifs is 1.